The average molecular weight is 363 g/mol. The number of rotatable bonds is 2. The third kappa shape index (κ3) is 2.62. The molecule has 1 aromatic carbocycles. The van der Waals surface area contributed by atoms with Crippen LogP contribution in [0.4, 0.5) is 0 Å². The first kappa shape index (κ1) is 14.4. The molecule has 0 aliphatic carbocycles. The Kier molecular flexibility index (Phi) is 3.72. The number of hydrazine groups is 1. The van der Waals surface area contributed by atoms with Crippen LogP contribution in [0.25, 0.3) is 11.0 Å². The lowest BCUT2D eigenvalue weighted by atomic mass is 10.1. The molecule has 22 heavy (non-hydrogen) atoms. The van der Waals surface area contributed by atoms with Gasteiger partial charge in [-0.05, 0) is 41.1 Å². The molecule has 6 nitrogen and oxygen atoms in total. The van der Waals surface area contributed by atoms with Crippen molar-refractivity contribution in [3.8, 4) is 0 Å². The number of benzene rings is 1. The van der Waals surface area contributed by atoms with E-state index >= 15 is 0 Å². The summed E-state index contributed by atoms with van der Waals surface area (Å²) in [5, 5.41) is 0.856. The number of carbonyl (C=O) groups is 2. The normalized spacial score (nSPS) is 10.6. The molecule has 3 rings (SSSR count). The fourth-order valence-electron chi connectivity index (χ4n) is 2.06. The Morgan fingerprint density at radius 1 is 1.00 bits per heavy atom. The van der Waals surface area contributed by atoms with Crippen LogP contribution in [0.15, 0.2) is 49.9 Å². The second-order valence-electron chi connectivity index (χ2n) is 4.56. The number of para-hydroxylation sites is 1. The second-order valence-corrected chi connectivity index (χ2v) is 5.35. The van der Waals surface area contributed by atoms with Gasteiger partial charge in [-0.25, -0.2) is 0 Å². The van der Waals surface area contributed by atoms with Crippen molar-refractivity contribution in [3.05, 3.63) is 58.2 Å². The molecule has 0 atom stereocenters. The molecular weight excluding hydrogens is 352 g/mol. The van der Waals surface area contributed by atoms with Gasteiger partial charge in [0.2, 0.25) is 0 Å². The van der Waals surface area contributed by atoms with Crippen LogP contribution in [0.2, 0.25) is 0 Å². The molecule has 0 bridgehead atoms. The fraction of sp³-hybridized carbons (Fsp3) is 0.0667. The van der Waals surface area contributed by atoms with Gasteiger partial charge in [-0.2, -0.15) is 0 Å². The van der Waals surface area contributed by atoms with E-state index in [2.05, 4.69) is 26.8 Å². The third-order valence-electron chi connectivity index (χ3n) is 3.14. The summed E-state index contributed by atoms with van der Waals surface area (Å²) in [7, 11) is 0. The van der Waals surface area contributed by atoms with E-state index < -0.39 is 11.8 Å². The van der Waals surface area contributed by atoms with Gasteiger partial charge in [0.1, 0.15) is 5.58 Å². The number of nitrogens with one attached hydrogen (secondary N) is 2. The highest BCUT2D eigenvalue weighted by Gasteiger charge is 2.18. The predicted molar refractivity (Wildman–Crippen MR) is 82.3 cm³/mol. The van der Waals surface area contributed by atoms with E-state index in [4.69, 9.17) is 8.83 Å². The van der Waals surface area contributed by atoms with Crippen LogP contribution in [0.1, 0.15) is 26.7 Å². The number of aryl methyl sites for hydroxylation is 1. The number of carbonyl (C=O) groups excluding carboxylic acids is 2. The van der Waals surface area contributed by atoms with Crippen LogP contribution >= 0.6 is 15.9 Å². The van der Waals surface area contributed by atoms with E-state index in [1.54, 1.807) is 19.1 Å². The molecule has 0 unspecified atom stereocenters. The van der Waals surface area contributed by atoms with Gasteiger partial charge in [-0.1, -0.05) is 18.2 Å². The first-order valence-electron chi connectivity index (χ1n) is 6.40. The number of halogens is 1. The van der Waals surface area contributed by atoms with Crippen molar-refractivity contribution in [2.75, 3.05) is 0 Å². The van der Waals surface area contributed by atoms with Crippen molar-refractivity contribution < 1.29 is 18.4 Å². The number of hydrogen-bond acceptors (Lipinski definition) is 4. The van der Waals surface area contributed by atoms with Gasteiger partial charge >= 0.3 is 11.8 Å². The minimum absolute atomic E-state index is 0.0773. The molecule has 2 aromatic heterocycles. The van der Waals surface area contributed by atoms with Crippen LogP contribution in [0, 0.1) is 6.92 Å². The van der Waals surface area contributed by atoms with E-state index in [9.17, 15) is 9.59 Å². The smallest absolute Gasteiger partial charge is 0.305 e. The molecule has 2 heterocycles. The lowest BCUT2D eigenvalue weighted by Crippen LogP contribution is -2.41. The SMILES string of the molecule is Cc1c(C(=O)NNC(=O)c2ccc(Br)o2)oc2ccccc12. The molecule has 7 heteroatoms. The molecule has 112 valence electrons. The molecule has 0 saturated heterocycles. The number of furan rings is 2. The molecule has 0 aliphatic heterocycles. The molecule has 0 fully saturated rings. The maximum Gasteiger partial charge on any atom is 0.305 e. The minimum atomic E-state index is -0.562. The Labute approximate surface area is 133 Å². The topological polar surface area (TPSA) is 84.5 Å². The standard InChI is InChI=1S/C15H11BrN2O4/c1-8-9-4-2-3-5-10(9)22-13(8)15(20)18-17-14(19)11-6-7-12(16)21-11/h2-7H,1H3,(H,17,19)(H,18,20). The molecule has 0 radical (unpaired) electrons. The molecule has 3 aromatic rings. The molecule has 0 spiro atoms. The van der Waals surface area contributed by atoms with Gasteiger partial charge < -0.3 is 8.83 Å². The molecular formula is C15H11BrN2O4. The zero-order chi connectivity index (χ0) is 15.7. The summed E-state index contributed by atoms with van der Waals surface area (Å²) in [6, 6.07) is 10.4. The van der Waals surface area contributed by atoms with Crippen LogP contribution in [-0.2, 0) is 0 Å². The van der Waals surface area contributed by atoms with Gasteiger partial charge in [0.05, 0.1) is 0 Å². The molecule has 0 aliphatic rings. The van der Waals surface area contributed by atoms with Gasteiger partial charge in [-0.15, -0.1) is 0 Å². The Morgan fingerprint density at radius 2 is 1.73 bits per heavy atom. The molecule has 0 saturated carbocycles. The highest BCUT2D eigenvalue weighted by molar-refractivity contribution is 9.10. The summed E-state index contributed by atoms with van der Waals surface area (Å²) in [5.74, 6) is -0.865. The largest absolute Gasteiger partial charge is 0.451 e. The predicted octanol–water partition coefficient (Wildman–Crippen LogP) is 3.17. The van der Waals surface area contributed by atoms with Crippen molar-refractivity contribution >= 4 is 38.7 Å². The Hall–Kier alpha value is -2.54. The first-order chi connectivity index (χ1) is 10.6. The number of amides is 2. The van der Waals surface area contributed by atoms with Crippen LogP contribution in [0.5, 0.6) is 0 Å². The van der Waals surface area contributed by atoms with Gasteiger partial charge in [-0.3, -0.25) is 20.4 Å². The van der Waals surface area contributed by atoms with Gasteiger partial charge in [0, 0.05) is 10.9 Å². The molecule has 2 N–H and O–H groups in total. The highest BCUT2D eigenvalue weighted by atomic mass is 79.9. The zero-order valence-corrected chi connectivity index (χ0v) is 13.1. The quantitative estimate of drug-likeness (QED) is 0.685. The summed E-state index contributed by atoms with van der Waals surface area (Å²) < 4.78 is 11.0. The van der Waals surface area contributed by atoms with E-state index in [-0.39, 0.29) is 11.5 Å². The average Bonchev–Trinajstić information content (AvgIpc) is 3.09. The third-order valence-corrected chi connectivity index (χ3v) is 3.56. The lowest BCUT2D eigenvalue weighted by molar-refractivity contribution is 0.0817. The summed E-state index contributed by atoms with van der Waals surface area (Å²) in [5.41, 5.74) is 5.90. The van der Waals surface area contributed by atoms with E-state index in [1.165, 1.54) is 6.07 Å². The highest BCUT2D eigenvalue weighted by Crippen LogP contribution is 2.24. The van der Waals surface area contributed by atoms with Crippen molar-refractivity contribution in [1.82, 2.24) is 10.9 Å². The number of hydrogen-bond donors (Lipinski definition) is 2. The Bertz CT molecular complexity index is 865. The second kappa shape index (κ2) is 5.69. The van der Waals surface area contributed by atoms with Gasteiger partial charge in [0.15, 0.2) is 16.2 Å². The molecule has 2 amide bonds. The van der Waals surface area contributed by atoms with Crippen molar-refractivity contribution in [1.29, 1.82) is 0 Å². The first-order valence-corrected chi connectivity index (χ1v) is 7.19. The monoisotopic (exact) mass is 362 g/mol. The fourth-order valence-corrected chi connectivity index (χ4v) is 2.37. The number of fused-ring (bicyclic) bond motifs is 1. The van der Waals surface area contributed by atoms with Crippen LogP contribution in [-0.4, -0.2) is 11.8 Å². The van der Waals surface area contributed by atoms with Crippen molar-refractivity contribution in [3.63, 3.8) is 0 Å². The van der Waals surface area contributed by atoms with Crippen LogP contribution < -0.4 is 10.9 Å². The van der Waals surface area contributed by atoms with Crippen molar-refractivity contribution in [2.24, 2.45) is 0 Å². The van der Waals surface area contributed by atoms with E-state index in [1.807, 2.05) is 18.2 Å². The van der Waals surface area contributed by atoms with Crippen LogP contribution in [0.3, 0.4) is 0 Å². The lowest BCUT2D eigenvalue weighted by Gasteiger charge is -2.04. The summed E-state index contributed by atoms with van der Waals surface area (Å²) in [6.45, 7) is 1.78. The van der Waals surface area contributed by atoms with E-state index in [0.717, 1.165) is 5.39 Å². The van der Waals surface area contributed by atoms with Crippen molar-refractivity contribution in [2.45, 2.75) is 6.92 Å². The van der Waals surface area contributed by atoms with Gasteiger partial charge in [0.25, 0.3) is 0 Å². The Morgan fingerprint density at radius 3 is 2.41 bits per heavy atom. The maximum absolute atomic E-state index is 12.1. The van der Waals surface area contributed by atoms with E-state index in [0.29, 0.717) is 15.8 Å². The zero-order valence-electron chi connectivity index (χ0n) is 11.5. The summed E-state index contributed by atoms with van der Waals surface area (Å²) in [4.78, 5) is 23.9. The minimum Gasteiger partial charge on any atom is -0.451 e. The summed E-state index contributed by atoms with van der Waals surface area (Å²) in [6.07, 6.45) is 0. The summed E-state index contributed by atoms with van der Waals surface area (Å²) >= 11 is 3.10. The Balaban J connectivity index is 1.73. The maximum atomic E-state index is 12.1.